The molecule has 1 heterocycles. The van der Waals surface area contributed by atoms with E-state index in [1.54, 1.807) is 6.34 Å². The maximum atomic E-state index is 6.02. The molecule has 6 heteroatoms. The van der Waals surface area contributed by atoms with E-state index >= 15 is 0 Å². The highest BCUT2D eigenvalue weighted by Gasteiger charge is 2.43. The second kappa shape index (κ2) is 5.65. The highest BCUT2D eigenvalue weighted by atomic mass is 35.6. The van der Waals surface area contributed by atoms with Crippen LogP contribution in [0.4, 0.5) is 0 Å². The van der Waals surface area contributed by atoms with E-state index in [0.29, 0.717) is 5.92 Å². The summed E-state index contributed by atoms with van der Waals surface area (Å²) in [5.74, 6) is 0.503. The zero-order valence-corrected chi connectivity index (χ0v) is 12.1. The van der Waals surface area contributed by atoms with E-state index in [1.165, 1.54) is 0 Å². The third-order valence-corrected chi connectivity index (χ3v) is 2.85. The lowest BCUT2D eigenvalue weighted by atomic mass is 10.2. The van der Waals surface area contributed by atoms with Crippen LogP contribution in [0.1, 0.15) is 27.2 Å². The molecule has 0 aromatic heterocycles. The van der Waals surface area contributed by atoms with Crippen molar-refractivity contribution in [1.29, 1.82) is 0 Å². The Bertz CT molecular complexity index is 250. The third-order valence-electron chi connectivity index (χ3n) is 2.27. The Morgan fingerprint density at radius 2 is 2.00 bits per heavy atom. The first-order chi connectivity index (χ1) is 7.36. The van der Waals surface area contributed by atoms with Gasteiger partial charge in [0.25, 0.3) is 0 Å². The zero-order chi connectivity index (χ0) is 12.3. The standard InChI is InChI=1S/C10H18Cl3N3/c1-4-5-16-9(10(11,12)13)15(7-14-16)6-8(2)3/h7-9H,4-6H2,1-3H3. The molecule has 0 fully saturated rings. The summed E-state index contributed by atoms with van der Waals surface area (Å²) < 4.78 is -1.35. The van der Waals surface area contributed by atoms with Crippen LogP contribution in [0, 0.1) is 5.92 Å². The Hall–Kier alpha value is 0.140. The fourth-order valence-corrected chi connectivity index (χ4v) is 2.48. The molecule has 94 valence electrons. The average molecular weight is 287 g/mol. The van der Waals surface area contributed by atoms with Crippen LogP contribution in [0.3, 0.4) is 0 Å². The van der Waals surface area contributed by atoms with Crippen LogP contribution in [0.2, 0.25) is 0 Å². The lowest BCUT2D eigenvalue weighted by Crippen LogP contribution is -2.49. The number of rotatable bonds is 4. The van der Waals surface area contributed by atoms with E-state index in [1.807, 2.05) is 9.91 Å². The lowest BCUT2D eigenvalue weighted by Gasteiger charge is -2.35. The summed E-state index contributed by atoms with van der Waals surface area (Å²) in [5.41, 5.74) is 0. The quantitative estimate of drug-likeness (QED) is 0.738. The van der Waals surface area contributed by atoms with Gasteiger partial charge in [0, 0.05) is 13.1 Å². The molecule has 0 saturated carbocycles. The van der Waals surface area contributed by atoms with E-state index in [9.17, 15) is 0 Å². The molecule has 16 heavy (non-hydrogen) atoms. The van der Waals surface area contributed by atoms with Gasteiger partial charge < -0.3 is 4.90 Å². The topological polar surface area (TPSA) is 18.8 Å². The van der Waals surface area contributed by atoms with Crippen molar-refractivity contribution < 1.29 is 0 Å². The van der Waals surface area contributed by atoms with Gasteiger partial charge in [-0.05, 0) is 12.3 Å². The maximum Gasteiger partial charge on any atom is 0.230 e. The van der Waals surface area contributed by atoms with Crippen molar-refractivity contribution >= 4 is 41.1 Å². The molecule has 1 aliphatic heterocycles. The number of alkyl halides is 3. The summed E-state index contributed by atoms with van der Waals surface area (Å²) in [6.45, 7) is 7.97. The number of halogens is 3. The second-order valence-corrected chi connectivity index (χ2v) is 6.77. The first-order valence-corrected chi connectivity index (χ1v) is 6.62. The lowest BCUT2D eigenvalue weighted by molar-refractivity contribution is 0.126. The highest BCUT2D eigenvalue weighted by molar-refractivity contribution is 6.68. The SMILES string of the molecule is CCCN1N=CN(CC(C)C)C1C(Cl)(Cl)Cl. The van der Waals surface area contributed by atoms with Crippen molar-refractivity contribution in [2.24, 2.45) is 11.0 Å². The number of hydrazone groups is 1. The summed E-state index contributed by atoms with van der Waals surface area (Å²) in [6, 6.07) is 0. The van der Waals surface area contributed by atoms with Crippen LogP contribution in [0.5, 0.6) is 0 Å². The second-order valence-electron chi connectivity index (χ2n) is 4.40. The van der Waals surface area contributed by atoms with Crippen LogP contribution in [-0.2, 0) is 0 Å². The molecule has 0 aliphatic carbocycles. The van der Waals surface area contributed by atoms with E-state index < -0.39 is 3.79 Å². The van der Waals surface area contributed by atoms with Crippen molar-refractivity contribution in [3.05, 3.63) is 0 Å². The molecule has 0 amide bonds. The molecule has 0 aromatic carbocycles. The predicted octanol–water partition coefficient (Wildman–Crippen LogP) is 3.31. The zero-order valence-electron chi connectivity index (χ0n) is 9.83. The molecule has 1 unspecified atom stereocenters. The van der Waals surface area contributed by atoms with Gasteiger partial charge in [-0.3, -0.25) is 5.01 Å². The van der Waals surface area contributed by atoms with Crippen LogP contribution in [-0.4, -0.2) is 39.3 Å². The Morgan fingerprint density at radius 3 is 2.44 bits per heavy atom. The molecular weight excluding hydrogens is 268 g/mol. The normalized spacial score (nSPS) is 21.3. The summed E-state index contributed by atoms with van der Waals surface area (Å²) >= 11 is 18.0. The molecule has 1 atom stereocenters. The number of hydrogen-bond donors (Lipinski definition) is 0. The Morgan fingerprint density at radius 1 is 1.38 bits per heavy atom. The highest BCUT2D eigenvalue weighted by Crippen LogP contribution is 2.37. The van der Waals surface area contributed by atoms with E-state index in [2.05, 4.69) is 25.9 Å². The molecule has 0 radical (unpaired) electrons. The van der Waals surface area contributed by atoms with Gasteiger partial charge in [-0.2, -0.15) is 5.10 Å². The van der Waals surface area contributed by atoms with Crippen LogP contribution >= 0.6 is 34.8 Å². The molecule has 1 aliphatic rings. The van der Waals surface area contributed by atoms with Crippen LogP contribution in [0.25, 0.3) is 0 Å². The minimum atomic E-state index is -1.35. The monoisotopic (exact) mass is 285 g/mol. The fourth-order valence-electron chi connectivity index (χ4n) is 1.76. The maximum absolute atomic E-state index is 6.02. The largest absolute Gasteiger partial charge is 0.336 e. The van der Waals surface area contributed by atoms with Gasteiger partial charge in [-0.25, -0.2) is 0 Å². The van der Waals surface area contributed by atoms with E-state index in [4.69, 9.17) is 34.8 Å². The number of hydrogen-bond acceptors (Lipinski definition) is 3. The molecule has 0 spiro atoms. The Balaban J connectivity index is 2.75. The first-order valence-electron chi connectivity index (χ1n) is 5.49. The fraction of sp³-hybridized carbons (Fsp3) is 0.900. The third kappa shape index (κ3) is 3.57. The Kier molecular flexibility index (Phi) is 5.02. The minimum Gasteiger partial charge on any atom is -0.336 e. The molecule has 1 rings (SSSR count). The van der Waals surface area contributed by atoms with E-state index in [-0.39, 0.29) is 6.17 Å². The molecule has 0 saturated heterocycles. The summed E-state index contributed by atoms with van der Waals surface area (Å²) in [5, 5.41) is 6.13. The molecule has 0 aromatic rings. The number of nitrogens with zero attached hydrogens (tertiary/aromatic N) is 3. The first kappa shape index (κ1) is 14.2. The van der Waals surface area contributed by atoms with Crippen LogP contribution in [0.15, 0.2) is 5.10 Å². The van der Waals surface area contributed by atoms with Gasteiger partial charge in [-0.15, -0.1) is 0 Å². The van der Waals surface area contributed by atoms with Gasteiger partial charge in [0.1, 0.15) is 6.34 Å². The average Bonchev–Trinajstić information content (AvgIpc) is 2.46. The summed E-state index contributed by atoms with van der Waals surface area (Å²) in [7, 11) is 0. The van der Waals surface area contributed by atoms with Crippen molar-refractivity contribution in [3.8, 4) is 0 Å². The van der Waals surface area contributed by atoms with Crippen molar-refractivity contribution in [1.82, 2.24) is 9.91 Å². The van der Waals surface area contributed by atoms with Gasteiger partial charge in [0.15, 0.2) is 6.17 Å². The predicted molar refractivity (Wildman–Crippen MR) is 71.1 cm³/mol. The van der Waals surface area contributed by atoms with Crippen molar-refractivity contribution in [3.63, 3.8) is 0 Å². The smallest absolute Gasteiger partial charge is 0.230 e. The summed E-state index contributed by atoms with van der Waals surface area (Å²) in [6.07, 6.45) is 2.45. The van der Waals surface area contributed by atoms with E-state index in [0.717, 1.165) is 19.5 Å². The van der Waals surface area contributed by atoms with Gasteiger partial charge in [-0.1, -0.05) is 55.6 Å². The molecule has 0 bridgehead atoms. The van der Waals surface area contributed by atoms with Crippen LogP contribution < -0.4 is 0 Å². The molecule has 0 N–H and O–H groups in total. The molecule has 3 nitrogen and oxygen atoms in total. The minimum absolute atomic E-state index is 0.292. The van der Waals surface area contributed by atoms with Gasteiger partial charge >= 0.3 is 0 Å². The Labute approximate surface area is 112 Å². The molecular formula is C10H18Cl3N3. The van der Waals surface area contributed by atoms with Gasteiger partial charge in [0.05, 0.1) is 0 Å². The van der Waals surface area contributed by atoms with Gasteiger partial charge in [0.2, 0.25) is 3.79 Å². The van der Waals surface area contributed by atoms with Crippen molar-refractivity contribution in [2.75, 3.05) is 13.1 Å². The van der Waals surface area contributed by atoms with Crippen molar-refractivity contribution in [2.45, 2.75) is 37.2 Å². The summed E-state index contributed by atoms with van der Waals surface area (Å²) in [4.78, 5) is 1.99.